The number of hydrogen-bond acceptors (Lipinski definition) is 5. The number of carbonyl (C=O) groups excluding carboxylic acids is 2. The molecule has 0 saturated heterocycles. The Kier molecular flexibility index (Phi) is 78.8. The Balaban J connectivity index is 3.36. The molecule has 6 nitrogen and oxygen atoms in total. The summed E-state index contributed by atoms with van der Waals surface area (Å²) in [4.78, 5) is 24.6. The fraction of sp³-hybridized carbons (Fsp3) is 0.906. The Labute approximate surface area is 570 Å². The summed E-state index contributed by atoms with van der Waals surface area (Å²) in [6.07, 6.45) is 106. The third-order valence-electron chi connectivity index (χ3n) is 19.6. The second kappa shape index (κ2) is 80.5. The molecule has 1 amide bonds. The van der Waals surface area contributed by atoms with Crippen LogP contribution in [0, 0.1) is 0 Å². The van der Waals surface area contributed by atoms with Crippen molar-refractivity contribution in [3.63, 3.8) is 0 Å². The fourth-order valence-corrected chi connectivity index (χ4v) is 13.3. The number of unbranched alkanes of at least 4 members (excludes halogenated alkanes) is 64. The lowest BCUT2D eigenvalue weighted by molar-refractivity contribution is -0.143. The molecular weight excluding hydrogens is 1110 g/mol. The van der Waals surface area contributed by atoms with Crippen LogP contribution in [0.5, 0.6) is 0 Å². The first-order valence-electron chi connectivity index (χ1n) is 41.8. The van der Waals surface area contributed by atoms with E-state index in [1.165, 1.54) is 398 Å². The van der Waals surface area contributed by atoms with E-state index in [1.807, 2.05) is 6.08 Å². The van der Waals surface area contributed by atoms with E-state index in [4.69, 9.17) is 4.74 Å². The van der Waals surface area contributed by atoms with E-state index in [1.54, 1.807) is 6.08 Å². The van der Waals surface area contributed by atoms with Crippen LogP contribution in [0.4, 0.5) is 0 Å². The van der Waals surface area contributed by atoms with Crippen LogP contribution in [0.15, 0.2) is 36.5 Å². The van der Waals surface area contributed by atoms with Crippen molar-refractivity contribution in [2.75, 3.05) is 13.2 Å². The van der Waals surface area contributed by atoms with E-state index in [2.05, 4.69) is 43.5 Å². The normalized spacial score (nSPS) is 12.6. The van der Waals surface area contributed by atoms with E-state index in [0.29, 0.717) is 19.4 Å². The molecule has 0 radical (unpaired) electrons. The molecule has 91 heavy (non-hydrogen) atoms. The highest BCUT2D eigenvalue weighted by atomic mass is 16.5. The molecular formula is C85H163NO5. The number of ether oxygens (including phenoxy) is 1. The van der Waals surface area contributed by atoms with Gasteiger partial charge in [-0.3, -0.25) is 9.59 Å². The summed E-state index contributed by atoms with van der Waals surface area (Å²) >= 11 is 0. The number of rotatable bonds is 79. The van der Waals surface area contributed by atoms with Crippen molar-refractivity contribution >= 4 is 11.9 Å². The van der Waals surface area contributed by atoms with Gasteiger partial charge in [-0.05, 0) is 83.5 Å². The summed E-state index contributed by atoms with van der Waals surface area (Å²) in [5, 5.41) is 23.3. The van der Waals surface area contributed by atoms with Crippen molar-refractivity contribution in [3.05, 3.63) is 36.5 Å². The van der Waals surface area contributed by atoms with E-state index < -0.39 is 12.1 Å². The molecule has 0 aliphatic rings. The van der Waals surface area contributed by atoms with Crippen molar-refractivity contribution in [1.82, 2.24) is 5.32 Å². The van der Waals surface area contributed by atoms with Gasteiger partial charge in [0.1, 0.15) is 0 Å². The van der Waals surface area contributed by atoms with Gasteiger partial charge in [-0.15, -0.1) is 0 Å². The average Bonchev–Trinajstić information content (AvgIpc) is 3.66. The van der Waals surface area contributed by atoms with Gasteiger partial charge in [0.05, 0.1) is 25.4 Å². The van der Waals surface area contributed by atoms with Gasteiger partial charge in [0, 0.05) is 12.8 Å². The zero-order valence-electron chi connectivity index (χ0n) is 61.9. The predicted octanol–water partition coefficient (Wildman–Crippen LogP) is 27.8. The minimum Gasteiger partial charge on any atom is -0.466 e. The summed E-state index contributed by atoms with van der Waals surface area (Å²) < 4.78 is 5.49. The molecule has 0 spiro atoms. The highest BCUT2D eigenvalue weighted by molar-refractivity contribution is 5.76. The van der Waals surface area contributed by atoms with E-state index in [0.717, 1.165) is 44.9 Å². The van der Waals surface area contributed by atoms with Gasteiger partial charge >= 0.3 is 5.97 Å². The van der Waals surface area contributed by atoms with Crippen molar-refractivity contribution in [1.29, 1.82) is 0 Å². The van der Waals surface area contributed by atoms with E-state index >= 15 is 0 Å². The Morgan fingerprint density at radius 1 is 0.297 bits per heavy atom. The Hall–Kier alpha value is -1.92. The van der Waals surface area contributed by atoms with Crippen molar-refractivity contribution in [3.8, 4) is 0 Å². The zero-order valence-corrected chi connectivity index (χ0v) is 61.9. The van der Waals surface area contributed by atoms with Gasteiger partial charge in [-0.2, -0.15) is 0 Å². The first-order chi connectivity index (χ1) is 45.0. The third kappa shape index (κ3) is 77.0. The molecule has 0 aliphatic heterocycles. The number of esters is 1. The molecule has 0 aromatic heterocycles. The maximum Gasteiger partial charge on any atom is 0.305 e. The molecule has 0 heterocycles. The molecule has 2 atom stereocenters. The maximum absolute atomic E-state index is 12.6. The number of carbonyl (C=O) groups is 2. The number of allylic oxidation sites excluding steroid dienone is 5. The molecule has 6 heteroatoms. The smallest absolute Gasteiger partial charge is 0.305 e. The van der Waals surface area contributed by atoms with E-state index in [-0.39, 0.29) is 18.5 Å². The van der Waals surface area contributed by atoms with Crippen LogP contribution in [0.2, 0.25) is 0 Å². The Morgan fingerprint density at radius 2 is 0.516 bits per heavy atom. The van der Waals surface area contributed by atoms with Crippen LogP contribution >= 0.6 is 0 Å². The van der Waals surface area contributed by atoms with Crippen LogP contribution < -0.4 is 5.32 Å². The second-order valence-electron chi connectivity index (χ2n) is 28.8. The third-order valence-corrected chi connectivity index (χ3v) is 19.6. The van der Waals surface area contributed by atoms with Crippen molar-refractivity contribution in [2.45, 2.75) is 482 Å². The zero-order chi connectivity index (χ0) is 65.6. The summed E-state index contributed by atoms with van der Waals surface area (Å²) in [5.41, 5.74) is 0. The highest BCUT2D eigenvalue weighted by Crippen LogP contribution is 2.20. The van der Waals surface area contributed by atoms with Crippen LogP contribution in [-0.4, -0.2) is 47.4 Å². The van der Waals surface area contributed by atoms with Crippen LogP contribution in [0.25, 0.3) is 0 Å². The molecule has 538 valence electrons. The number of nitrogens with one attached hydrogen (secondary N) is 1. The first kappa shape index (κ1) is 89.1. The molecule has 0 aromatic rings. The minimum absolute atomic E-state index is 0.0134. The van der Waals surface area contributed by atoms with Gasteiger partial charge in [-0.25, -0.2) is 0 Å². The summed E-state index contributed by atoms with van der Waals surface area (Å²) in [6.45, 7) is 4.94. The summed E-state index contributed by atoms with van der Waals surface area (Å²) in [5.74, 6) is -0.0454. The molecule has 0 bridgehead atoms. The quantitative estimate of drug-likeness (QED) is 0.0320. The van der Waals surface area contributed by atoms with Gasteiger partial charge in [0.15, 0.2) is 0 Å². The Bertz CT molecular complexity index is 1470. The molecule has 0 rings (SSSR count). The average molecular weight is 1280 g/mol. The highest BCUT2D eigenvalue weighted by Gasteiger charge is 2.18. The lowest BCUT2D eigenvalue weighted by Gasteiger charge is -2.20. The maximum atomic E-state index is 12.6. The molecule has 3 N–H and O–H groups in total. The topological polar surface area (TPSA) is 95.9 Å². The monoisotopic (exact) mass is 1280 g/mol. The number of hydrogen-bond donors (Lipinski definition) is 3. The SMILES string of the molecule is CCCCCCC/C=C\CCCCCCCC(=O)OCCCCCCCCCCCCCCCCCC/C=C\CCCCCCCCCCCCCCCCCCCC(=O)NC(CO)C(O)/C=C/CCCCCCCCCCCCCCCCCCCCCCC. The molecule has 0 aliphatic carbocycles. The standard InChI is InChI=1S/C85H163NO5/c1-3-5-7-9-11-13-15-17-19-20-21-22-38-41-44-47-50-53-57-61-65-69-73-77-83(88)82(81-87)86-84(89)78-74-70-66-62-58-54-51-48-45-42-39-36-34-32-30-28-26-24-23-25-27-29-31-33-35-37-40-43-46-49-52-56-60-64-68-72-76-80-91-85(90)79-75-71-67-63-59-55-18-16-14-12-10-8-6-4-2/h16,18,23,25,73,77,82-83,87-88H,3-15,17,19-22,24,26-72,74-76,78-81H2,1-2H3,(H,86,89)/b18-16-,25-23-,77-73+. The van der Waals surface area contributed by atoms with Gasteiger partial charge in [-0.1, -0.05) is 410 Å². The number of aliphatic hydroxyl groups is 2. The summed E-state index contributed by atoms with van der Waals surface area (Å²) in [7, 11) is 0. The summed E-state index contributed by atoms with van der Waals surface area (Å²) in [6, 6.07) is -0.626. The van der Waals surface area contributed by atoms with Crippen LogP contribution in [-0.2, 0) is 14.3 Å². The fourth-order valence-electron chi connectivity index (χ4n) is 13.3. The van der Waals surface area contributed by atoms with Gasteiger partial charge in [0.25, 0.3) is 0 Å². The van der Waals surface area contributed by atoms with E-state index in [9.17, 15) is 19.8 Å². The van der Waals surface area contributed by atoms with Crippen molar-refractivity contribution < 1.29 is 24.5 Å². The lowest BCUT2D eigenvalue weighted by atomic mass is 10.0. The van der Waals surface area contributed by atoms with Gasteiger partial charge < -0.3 is 20.3 Å². The number of aliphatic hydroxyl groups excluding tert-OH is 2. The Morgan fingerprint density at radius 3 is 0.780 bits per heavy atom. The predicted molar refractivity (Wildman–Crippen MR) is 403 cm³/mol. The lowest BCUT2D eigenvalue weighted by Crippen LogP contribution is -2.45. The van der Waals surface area contributed by atoms with Gasteiger partial charge in [0.2, 0.25) is 5.91 Å². The molecule has 2 unspecified atom stereocenters. The molecule has 0 fully saturated rings. The second-order valence-corrected chi connectivity index (χ2v) is 28.8. The van der Waals surface area contributed by atoms with Crippen LogP contribution in [0.1, 0.15) is 470 Å². The first-order valence-corrected chi connectivity index (χ1v) is 41.8. The van der Waals surface area contributed by atoms with Crippen molar-refractivity contribution in [2.24, 2.45) is 0 Å². The number of amides is 1. The molecule has 0 saturated carbocycles. The largest absolute Gasteiger partial charge is 0.466 e. The molecule has 0 aromatic carbocycles. The minimum atomic E-state index is -0.843. The van der Waals surface area contributed by atoms with Crippen LogP contribution in [0.3, 0.4) is 0 Å².